The average molecular weight is 327 g/mol. The number of amides is 1. The number of aliphatic hydroxyl groups excluding tert-OH is 1. The fourth-order valence-electron chi connectivity index (χ4n) is 2.41. The van der Waals surface area contributed by atoms with Gasteiger partial charge in [0.05, 0.1) is 17.8 Å². The summed E-state index contributed by atoms with van der Waals surface area (Å²) < 4.78 is 0.941. The highest BCUT2D eigenvalue weighted by molar-refractivity contribution is 9.10. The van der Waals surface area contributed by atoms with Crippen LogP contribution in [0.5, 0.6) is 0 Å². The van der Waals surface area contributed by atoms with Crippen LogP contribution in [0.3, 0.4) is 0 Å². The Balaban J connectivity index is 2.41. The van der Waals surface area contributed by atoms with Crippen LogP contribution in [0.1, 0.15) is 19.4 Å². The Bertz CT molecular complexity index is 502. The quantitative estimate of drug-likeness (QED) is 0.871. The van der Waals surface area contributed by atoms with Gasteiger partial charge in [-0.15, -0.1) is 0 Å². The molecule has 0 bridgehead atoms. The highest BCUT2D eigenvalue weighted by atomic mass is 79.9. The SMILES string of the molecule is Cc1ccc(N2CC(C)(C)NC(=O)C2CO)c(Br)c1. The molecule has 0 spiro atoms. The van der Waals surface area contributed by atoms with E-state index in [9.17, 15) is 9.90 Å². The van der Waals surface area contributed by atoms with Crippen LogP contribution in [-0.2, 0) is 4.79 Å². The molecule has 5 heteroatoms. The second-order valence-electron chi connectivity index (χ2n) is 5.65. The number of carbonyl (C=O) groups excluding carboxylic acids is 1. The monoisotopic (exact) mass is 326 g/mol. The summed E-state index contributed by atoms with van der Waals surface area (Å²) in [5.41, 5.74) is 1.78. The van der Waals surface area contributed by atoms with E-state index in [1.165, 1.54) is 0 Å². The maximum absolute atomic E-state index is 12.1. The van der Waals surface area contributed by atoms with Crippen LogP contribution in [-0.4, -0.2) is 35.7 Å². The number of aryl methyl sites for hydroxylation is 1. The molecule has 104 valence electrons. The van der Waals surface area contributed by atoms with E-state index in [-0.39, 0.29) is 18.1 Å². The molecule has 2 rings (SSSR count). The van der Waals surface area contributed by atoms with Crippen LogP contribution >= 0.6 is 15.9 Å². The maximum atomic E-state index is 12.1. The van der Waals surface area contributed by atoms with Gasteiger partial charge in [0.2, 0.25) is 5.91 Å². The predicted octanol–water partition coefficient (Wildman–Crippen LogP) is 1.83. The van der Waals surface area contributed by atoms with Gasteiger partial charge in [0.1, 0.15) is 6.04 Å². The van der Waals surface area contributed by atoms with E-state index in [4.69, 9.17) is 0 Å². The molecule has 1 aliphatic rings. The number of halogens is 1. The molecule has 1 heterocycles. The number of anilines is 1. The minimum atomic E-state index is -0.535. The third-order valence-corrected chi connectivity index (χ3v) is 3.93. The summed E-state index contributed by atoms with van der Waals surface area (Å²) in [5.74, 6) is -0.133. The van der Waals surface area contributed by atoms with Crippen molar-refractivity contribution in [1.82, 2.24) is 5.32 Å². The number of hydrogen-bond donors (Lipinski definition) is 2. The zero-order valence-corrected chi connectivity index (χ0v) is 13.0. The van der Waals surface area contributed by atoms with E-state index in [1.54, 1.807) is 0 Å². The zero-order chi connectivity index (χ0) is 14.2. The number of carbonyl (C=O) groups is 1. The summed E-state index contributed by atoms with van der Waals surface area (Å²) in [6.07, 6.45) is 0. The van der Waals surface area contributed by atoms with E-state index in [2.05, 4.69) is 21.2 Å². The standard InChI is InChI=1S/C14H19BrN2O2/c1-9-4-5-11(10(15)6-9)17-8-14(2,3)16-13(19)12(17)7-18/h4-6,12,18H,7-8H2,1-3H3,(H,16,19). The number of benzene rings is 1. The molecule has 0 aliphatic carbocycles. The second-order valence-corrected chi connectivity index (χ2v) is 6.51. The molecule has 1 aromatic rings. The molecule has 2 N–H and O–H groups in total. The molecule has 1 aromatic carbocycles. The molecule has 19 heavy (non-hydrogen) atoms. The number of nitrogens with zero attached hydrogens (tertiary/aromatic N) is 1. The molecule has 1 saturated heterocycles. The van der Waals surface area contributed by atoms with Gasteiger partial charge in [0.15, 0.2) is 0 Å². The van der Waals surface area contributed by atoms with Crippen molar-refractivity contribution in [2.75, 3.05) is 18.1 Å². The van der Waals surface area contributed by atoms with E-state index in [0.29, 0.717) is 6.54 Å². The lowest BCUT2D eigenvalue weighted by atomic mass is 9.97. The van der Waals surface area contributed by atoms with Gasteiger partial charge < -0.3 is 15.3 Å². The largest absolute Gasteiger partial charge is 0.394 e. The Morgan fingerprint density at radius 2 is 2.21 bits per heavy atom. The third kappa shape index (κ3) is 2.92. The maximum Gasteiger partial charge on any atom is 0.245 e. The number of aliphatic hydroxyl groups is 1. The van der Waals surface area contributed by atoms with Crippen LogP contribution in [0.15, 0.2) is 22.7 Å². The lowest BCUT2D eigenvalue weighted by Crippen LogP contribution is -2.66. The van der Waals surface area contributed by atoms with Gasteiger partial charge in [-0.1, -0.05) is 6.07 Å². The molecule has 0 aromatic heterocycles. The van der Waals surface area contributed by atoms with Crippen LogP contribution in [0.4, 0.5) is 5.69 Å². The van der Waals surface area contributed by atoms with Crippen molar-refractivity contribution < 1.29 is 9.90 Å². The molecule has 1 fully saturated rings. The third-order valence-electron chi connectivity index (χ3n) is 3.29. The Labute approximate surface area is 121 Å². The molecule has 0 radical (unpaired) electrons. The van der Waals surface area contributed by atoms with E-state index in [0.717, 1.165) is 15.7 Å². The number of rotatable bonds is 2. The number of piperazine rings is 1. The van der Waals surface area contributed by atoms with Gasteiger partial charge in [0, 0.05) is 11.0 Å². The van der Waals surface area contributed by atoms with E-state index >= 15 is 0 Å². The van der Waals surface area contributed by atoms with Gasteiger partial charge in [-0.3, -0.25) is 4.79 Å². The number of nitrogens with one attached hydrogen (secondary N) is 1. The van der Waals surface area contributed by atoms with Crippen molar-refractivity contribution in [2.24, 2.45) is 0 Å². The fraction of sp³-hybridized carbons (Fsp3) is 0.500. The molecular formula is C14H19BrN2O2. The molecule has 1 aliphatic heterocycles. The van der Waals surface area contributed by atoms with Gasteiger partial charge >= 0.3 is 0 Å². The first-order valence-electron chi connectivity index (χ1n) is 6.30. The van der Waals surface area contributed by atoms with Gasteiger partial charge in [-0.2, -0.15) is 0 Å². The molecule has 1 atom stereocenters. The van der Waals surface area contributed by atoms with Gasteiger partial charge in [0.25, 0.3) is 0 Å². The topological polar surface area (TPSA) is 52.6 Å². The summed E-state index contributed by atoms with van der Waals surface area (Å²) >= 11 is 3.54. The fourth-order valence-corrected chi connectivity index (χ4v) is 3.13. The van der Waals surface area contributed by atoms with Crippen molar-refractivity contribution in [3.8, 4) is 0 Å². The van der Waals surface area contributed by atoms with Gasteiger partial charge in [-0.05, 0) is 54.4 Å². The van der Waals surface area contributed by atoms with Crippen LogP contribution in [0.2, 0.25) is 0 Å². The molecule has 1 unspecified atom stereocenters. The highest BCUT2D eigenvalue weighted by Gasteiger charge is 2.38. The first-order valence-corrected chi connectivity index (χ1v) is 7.09. The van der Waals surface area contributed by atoms with Crippen LogP contribution in [0, 0.1) is 6.92 Å². The molecule has 1 amide bonds. The Morgan fingerprint density at radius 1 is 1.53 bits per heavy atom. The summed E-state index contributed by atoms with van der Waals surface area (Å²) in [6, 6.07) is 5.47. The lowest BCUT2D eigenvalue weighted by Gasteiger charge is -2.44. The minimum absolute atomic E-state index is 0.133. The van der Waals surface area contributed by atoms with Crippen LogP contribution < -0.4 is 10.2 Å². The summed E-state index contributed by atoms with van der Waals surface area (Å²) in [4.78, 5) is 14.0. The first kappa shape index (κ1) is 14.3. The summed E-state index contributed by atoms with van der Waals surface area (Å²) in [7, 11) is 0. The van der Waals surface area contributed by atoms with Crippen molar-refractivity contribution in [3.05, 3.63) is 28.2 Å². The zero-order valence-electron chi connectivity index (χ0n) is 11.4. The van der Waals surface area contributed by atoms with E-state index in [1.807, 2.05) is 43.9 Å². The van der Waals surface area contributed by atoms with Crippen molar-refractivity contribution >= 4 is 27.5 Å². The van der Waals surface area contributed by atoms with Gasteiger partial charge in [-0.25, -0.2) is 0 Å². The Kier molecular flexibility index (Phi) is 3.87. The second kappa shape index (κ2) is 5.13. The number of hydrogen-bond acceptors (Lipinski definition) is 3. The van der Waals surface area contributed by atoms with Crippen molar-refractivity contribution in [2.45, 2.75) is 32.4 Å². The lowest BCUT2D eigenvalue weighted by molar-refractivity contribution is -0.126. The van der Waals surface area contributed by atoms with E-state index < -0.39 is 6.04 Å². The predicted molar refractivity (Wildman–Crippen MR) is 79.3 cm³/mol. The molecule has 0 saturated carbocycles. The average Bonchev–Trinajstić information content (AvgIpc) is 2.26. The molecular weight excluding hydrogens is 308 g/mol. The smallest absolute Gasteiger partial charge is 0.245 e. The Hall–Kier alpha value is -1.07. The first-order chi connectivity index (χ1) is 8.84. The molecule has 4 nitrogen and oxygen atoms in total. The van der Waals surface area contributed by atoms with Crippen LogP contribution in [0.25, 0.3) is 0 Å². The Morgan fingerprint density at radius 3 is 2.79 bits per heavy atom. The van der Waals surface area contributed by atoms with Crippen molar-refractivity contribution in [3.63, 3.8) is 0 Å². The summed E-state index contributed by atoms with van der Waals surface area (Å²) in [5, 5.41) is 12.4. The summed E-state index contributed by atoms with van der Waals surface area (Å²) in [6.45, 7) is 6.44. The normalized spacial score (nSPS) is 22.3. The minimum Gasteiger partial charge on any atom is -0.394 e. The van der Waals surface area contributed by atoms with Crippen molar-refractivity contribution in [1.29, 1.82) is 0 Å². The highest BCUT2D eigenvalue weighted by Crippen LogP contribution is 2.31.